The molecule has 8 heteroatoms. The van der Waals surface area contributed by atoms with Crippen LogP contribution in [0.4, 0.5) is 4.39 Å². The molecule has 0 saturated carbocycles. The Morgan fingerprint density at radius 2 is 1.93 bits per heavy atom. The van der Waals surface area contributed by atoms with E-state index in [9.17, 15) is 12.8 Å². The molecule has 0 spiro atoms. The van der Waals surface area contributed by atoms with Crippen molar-refractivity contribution in [3.63, 3.8) is 0 Å². The molecule has 2 aliphatic heterocycles. The van der Waals surface area contributed by atoms with Gasteiger partial charge in [0.05, 0.1) is 4.90 Å². The van der Waals surface area contributed by atoms with Crippen LogP contribution in [0.5, 0.6) is 11.5 Å². The molecule has 1 saturated heterocycles. The van der Waals surface area contributed by atoms with Crippen LogP contribution in [0.3, 0.4) is 0 Å². The lowest BCUT2D eigenvalue weighted by atomic mass is 10.0. The first-order valence-corrected chi connectivity index (χ1v) is 10.9. The van der Waals surface area contributed by atoms with E-state index in [1.807, 2.05) is 18.2 Å². The molecule has 1 atom stereocenters. The lowest BCUT2D eigenvalue weighted by Crippen LogP contribution is -2.34. The fourth-order valence-corrected chi connectivity index (χ4v) is 4.83. The second-order valence-electron chi connectivity index (χ2n) is 6.95. The molecule has 2 aromatic carbocycles. The minimum atomic E-state index is -3.72. The second-order valence-corrected chi connectivity index (χ2v) is 8.72. The number of fused-ring (bicyclic) bond motifs is 1. The third kappa shape index (κ3) is 4.14. The van der Waals surface area contributed by atoms with Gasteiger partial charge in [0.15, 0.2) is 11.5 Å². The van der Waals surface area contributed by atoms with Crippen LogP contribution >= 0.6 is 0 Å². The summed E-state index contributed by atoms with van der Waals surface area (Å²) in [5, 5.41) is 0. The Balaban J connectivity index is 1.39. The van der Waals surface area contributed by atoms with E-state index in [1.165, 1.54) is 18.2 Å². The van der Waals surface area contributed by atoms with Crippen molar-refractivity contribution in [2.45, 2.75) is 23.8 Å². The average Bonchev–Trinajstić information content (AvgIpc) is 3.16. The molecule has 2 aliphatic rings. The van der Waals surface area contributed by atoms with E-state index in [0.717, 1.165) is 42.5 Å². The minimum absolute atomic E-state index is 0.0580. The molecule has 150 valence electrons. The zero-order valence-electron chi connectivity index (χ0n) is 15.4. The van der Waals surface area contributed by atoms with E-state index < -0.39 is 15.8 Å². The summed E-state index contributed by atoms with van der Waals surface area (Å²) in [4.78, 5) is 2.21. The molecule has 6 nitrogen and oxygen atoms in total. The Morgan fingerprint density at radius 1 is 1.11 bits per heavy atom. The van der Waals surface area contributed by atoms with Crippen LogP contribution in [0.25, 0.3) is 0 Å². The quantitative estimate of drug-likeness (QED) is 0.799. The standard InChI is InChI=1S/C20H23FN2O4S/c21-16-3-1-4-17(14-16)28(24,25)22-8-10-23-9-2-5-18(23)15-6-7-19-20(13-15)27-12-11-26-19/h1,3-4,6-7,13-14,18,22H,2,5,8-12H2. The predicted octanol–water partition coefficient (Wildman–Crippen LogP) is 2.71. The Bertz CT molecular complexity index is 951. The number of nitrogens with one attached hydrogen (secondary N) is 1. The van der Waals surface area contributed by atoms with E-state index in [4.69, 9.17) is 9.47 Å². The van der Waals surface area contributed by atoms with Crippen molar-refractivity contribution < 1.29 is 22.3 Å². The largest absolute Gasteiger partial charge is 0.486 e. The number of ether oxygens (including phenoxy) is 2. The van der Waals surface area contributed by atoms with Crippen LogP contribution in [0.15, 0.2) is 47.4 Å². The molecular formula is C20H23FN2O4S. The number of sulfonamides is 1. The van der Waals surface area contributed by atoms with Crippen LogP contribution < -0.4 is 14.2 Å². The van der Waals surface area contributed by atoms with Gasteiger partial charge in [0.25, 0.3) is 0 Å². The highest BCUT2D eigenvalue weighted by Crippen LogP contribution is 2.37. The third-order valence-electron chi connectivity index (χ3n) is 5.11. The van der Waals surface area contributed by atoms with Gasteiger partial charge in [-0.05, 0) is 55.3 Å². The summed E-state index contributed by atoms with van der Waals surface area (Å²) < 4.78 is 51.8. The first-order chi connectivity index (χ1) is 13.5. The van der Waals surface area contributed by atoms with Crippen molar-refractivity contribution in [2.75, 3.05) is 32.8 Å². The van der Waals surface area contributed by atoms with Crippen LogP contribution in [-0.2, 0) is 10.0 Å². The van der Waals surface area contributed by atoms with Gasteiger partial charge in [-0.25, -0.2) is 17.5 Å². The molecule has 0 amide bonds. The summed E-state index contributed by atoms with van der Waals surface area (Å²) >= 11 is 0. The zero-order chi connectivity index (χ0) is 19.6. The summed E-state index contributed by atoms with van der Waals surface area (Å²) in [6.07, 6.45) is 2.06. The van der Waals surface area contributed by atoms with Crippen molar-refractivity contribution in [3.8, 4) is 11.5 Å². The highest BCUT2D eigenvalue weighted by atomic mass is 32.2. The average molecular weight is 406 g/mol. The van der Waals surface area contributed by atoms with Crippen molar-refractivity contribution in [1.82, 2.24) is 9.62 Å². The topological polar surface area (TPSA) is 67.9 Å². The van der Waals surface area contributed by atoms with Crippen molar-refractivity contribution in [3.05, 3.63) is 53.8 Å². The Hall–Kier alpha value is -2.16. The van der Waals surface area contributed by atoms with Gasteiger partial charge in [-0.15, -0.1) is 0 Å². The van der Waals surface area contributed by atoms with Gasteiger partial charge in [-0.2, -0.15) is 0 Å². The van der Waals surface area contributed by atoms with Gasteiger partial charge in [0.1, 0.15) is 19.0 Å². The van der Waals surface area contributed by atoms with Gasteiger partial charge in [0, 0.05) is 19.1 Å². The van der Waals surface area contributed by atoms with Gasteiger partial charge in [0.2, 0.25) is 10.0 Å². The van der Waals surface area contributed by atoms with E-state index in [1.54, 1.807) is 0 Å². The molecule has 1 unspecified atom stereocenters. The number of likely N-dealkylation sites (tertiary alicyclic amines) is 1. The monoisotopic (exact) mass is 406 g/mol. The predicted molar refractivity (Wildman–Crippen MR) is 103 cm³/mol. The number of halogens is 1. The normalized spacial score (nSPS) is 19.7. The molecule has 1 fully saturated rings. The van der Waals surface area contributed by atoms with Crippen LogP contribution in [0.2, 0.25) is 0 Å². The van der Waals surface area contributed by atoms with Gasteiger partial charge in [-0.3, -0.25) is 4.90 Å². The van der Waals surface area contributed by atoms with Crippen LogP contribution in [-0.4, -0.2) is 46.2 Å². The molecular weight excluding hydrogens is 383 g/mol. The maximum atomic E-state index is 13.3. The van der Waals surface area contributed by atoms with Crippen LogP contribution in [0.1, 0.15) is 24.4 Å². The number of hydrogen-bond acceptors (Lipinski definition) is 5. The maximum absolute atomic E-state index is 13.3. The molecule has 2 aromatic rings. The van der Waals surface area contributed by atoms with E-state index >= 15 is 0 Å². The van der Waals surface area contributed by atoms with Gasteiger partial charge >= 0.3 is 0 Å². The molecule has 0 bridgehead atoms. The number of rotatable bonds is 6. The number of nitrogens with zero attached hydrogens (tertiary/aromatic N) is 1. The molecule has 28 heavy (non-hydrogen) atoms. The van der Waals surface area contributed by atoms with E-state index in [2.05, 4.69) is 9.62 Å². The van der Waals surface area contributed by atoms with Crippen molar-refractivity contribution in [2.24, 2.45) is 0 Å². The summed E-state index contributed by atoms with van der Waals surface area (Å²) in [5.41, 5.74) is 1.15. The fourth-order valence-electron chi connectivity index (χ4n) is 3.78. The zero-order valence-corrected chi connectivity index (χ0v) is 16.3. The molecule has 0 aliphatic carbocycles. The van der Waals surface area contributed by atoms with Gasteiger partial charge < -0.3 is 9.47 Å². The Labute approximate surface area is 164 Å². The maximum Gasteiger partial charge on any atom is 0.240 e. The van der Waals surface area contributed by atoms with Gasteiger partial charge in [-0.1, -0.05) is 12.1 Å². The van der Waals surface area contributed by atoms with Crippen molar-refractivity contribution >= 4 is 10.0 Å². The fraction of sp³-hybridized carbons (Fsp3) is 0.400. The highest BCUT2D eigenvalue weighted by molar-refractivity contribution is 7.89. The summed E-state index contributed by atoms with van der Waals surface area (Å²) in [7, 11) is -3.72. The number of hydrogen-bond donors (Lipinski definition) is 1. The first kappa shape index (κ1) is 19.2. The first-order valence-electron chi connectivity index (χ1n) is 9.42. The lowest BCUT2D eigenvalue weighted by molar-refractivity contribution is 0.170. The lowest BCUT2D eigenvalue weighted by Gasteiger charge is -2.26. The molecule has 1 N–H and O–H groups in total. The van der Waals surface area contributed by atoms with E-state index in [0.29, 0.717) is 19.8 Å². The van der Waals surface area contributed by atoms with E-state index in [-0.39, 0.29) is 17.5 Å². The Kier molecular flexibility index (Phi) is 5.52. The SMILES string of the molecule is O=S(=O)(NCCN1CCCC1c1ccc2c(c1)OCCO2)c1cccc(F)c1. The molecule has 4 rings (SSSR count). The summed E-state index contributed by atoms with van der Waals surface area (Å²) in [6, 6.07) is 11.3. The third-order valence-corrected chi connectivity index (χ3v) is 6.57. The second kappa shape index (κ2) is 8.06. The number of benzene rings is 2. The molecule has 2 heterocycles. The smallest absolute Gasteiger partial charge is 0.240 e. The molecule has 0 aromatic heterocycles. The van der Waals surface area contributed by atoms with Crippen molar-refractivity contribution in [1.29, 1.82) is 0 Å². The highest BCUT2D eigenvalue weighted by Gasteiger charge is 2.27. The Morgan fingerprint density at radius 3 is 2.75 bits per heavy atom. The molecule has 0 radical (unpaired) electrons. The van der Waals surface area contributed by atoms with Crippen LogP contribution in [0, 0.1) is 5.82 Å². The summed E-state index contributed by atoms with van der Waals surface area (Å²) in [6.45, 7) is 2.86. The minimum Gasteiger partial charge on any atom is -0.486 e. The summed E-state index contributed by atoms with van der Waals surface area (Å²) in [5.74, 6) is 0.964.